The summed E-state index contributed by atoms with van der Waals surface area (Å²) >= 11 is 0. The molecule has 5 nitrogen and oxygen atoms in total. The lowest BCUT2D eigenvalue weighted by atomic mass is 9.73. The Labute approximate surface area is 100 Å². The third kappa shape index (κ3) is 1.74. The fourth-order valence-corrected chi connectivity index (χ4v) is 2.76. The fraction of sp³-hybridized carbons (Fsp3) is 0.667. The number of hydrogen-bond acceptors (Lipinski definition) is 3. The molecule has 0 radical (unpaired) electrons. The number of rotatable bonds is 2. The minimum atomic E-state index is -0.819. The third-order valence-electron chi connectivity index (χ3n) is 3.74. The Morgan fingerprint density at radius 1 is 1.41 bits per heavy atom. The quantitative estimate of drug-likeness (QED) is 0.840. The Kier molecular flexibility index (Phi) is 2.95. The largest absolute Gasteiger partial charge is 0.481 e. The minimum Gasteiger partial charge on any atom is -0.481 e. The molecule has 0 aliphatic carbocycles. The zero-order chi connectivity index (χ0) is 12.6. The van der Waals surface area contributed by atoms with E-state index in [-0.39, 0.29) is 0 Å². The average molecular weight is 238 g/mol. The van der Waals surface area contributed by atoms with Gasteiger partial charge < -0.3 is 9.84 Å². The lowest BCUT2D eigenvalue weighted by Gasteiger charge is -2.33. The lowest BCUT2D eigenvalue weighted by molar-refractivity contribution is -0.147. The number of aliphatic carboxylic acids is 1. The van der Waals surface area contributed by atoms with E-state index >= 15 is 0 Å². The Morgan fingerprint density at radius 2 is 2.00 bits per heavy atom. The second kappa shape index (κ2) is 4.14. The maximum Gasteiger partial charge on any atom is 0.314 e. The monoisotopic (exact) mass is 238 g/mol. The van der Waals surface area contributed by atoms with E-state index in [0.717, 1.165) is 17.0 Å². The van der Waals surface area contributed by atoms with Gasteiger partial charge in [0.05, 0.1) is 5.69 Å². The van der Waals surface area contributed by atoms with Crippen LogP contribution in [0.2, 0.25) is 0 Å². The van der Waals surface area contributed by atoms with E-state index < -0.39 is 11.4 Å². The highest BCUT2D eigenvalue weighted by Crippen LogP contribution is 2.38. The van der Waals surface area contributed by atoms with Crippen molar-refractivity contribution in [2.24, 2.45) is 7.05 Å². The van der Waals surface area contributed by atoms with Crippen LogP contribution in [0, 0.1) is 13.8 Å². The highest BCUT2D eigenvalue weighted by molar-refractivity contribution is 5.82. The van der Waals surface area contributed by atoms with Gasteiger partial charge in [0.15, 0.2) is 0 Å². The molecule has 1 aliphatic heterocycles. The molecule has 1 fully saturated rings. The van der Waals surface area contributed by atoms with E-state index in [9.17, 15) is 9.90 Å². The first-order valence-electron chi connectivity index (χ1n) is 5.81. The SMILES string of the molecule is Cc1nn(C)c(C)c1C1(C(=O)O)CCOCC1. The molecule has 0 spiro atoms. The summed E-state index contributed by atoms with van der Waals surface area (Å²) in [4.78, 5) is 11.7. The van der Waals surface area contributed by atoms with Crippen molar-refractivity contribution in [2.75, 3.05) is 13.2 Å². The van der Waals surface area contributed by atoms with Gasteiger partial charge in [0.25, 0.3) is 0 Å². The van der Waals surface area contributed by atoms with Crippen molar-refractivity contribution in [3.05, 3.63) is 17.0 Å². The van der Waals surface area contributed by atoms with E-state index in [1.807, 2.05) is 20.9 Å². The van der Waals surface area contributed by atoms with Crippen LogP contribution in [-0.2, 0) is 22.0 Å². The van der Waals surface area contributed by atoms with Crippen LogP contribution < -0.4 is 0 Å². The van der Waals surface area contributed by atoms with Gasteiger partial charge in [-0.3, -0.25) is 9.48 Å². The molecule has 0 unspecified atom stereocenters. The van der Waals surface area contributed by atoms with E-state index in [2.05, 4.69) is 5.10 Å². The van der Waals surface area contributed by atoms with Crippen molar-refractivity contribution in [3.8, 4) is 0 Å². The van der Waals surface area contributed by atoms with Crippen LogP contribution in [0.1, 0.15) is 29.8 Å². The first-order valence-corrected chi connectivity index (χ1v) is 5.81. The molecule has 2 rings (SSSR count). The molecular weight excluding hydrogens is 220 g/mol. The van der Waals surface area contributed by atoms with Crippen molar-refractivity contribution >= 4 is 5.97 Å². The molecule has 94 valence electrons. The summed E-state index contributed by atoms with van der Waals surface area (Å²) in [6.45, 7) is 4.80. The van der Waals surface area contributed by atoms with E-state index in [0.29, 0.717) is 26.1 Å². The van der Waals surface area contributed by atoms with Crippen molar-refractivity contribution in [3.63, 3.8) is 0 Å². The topological polar surface area (TPSA) is 64.4 Å². The Balaban J connectivity index is 2.56. The highest BCUT2D eigenvalue weighted by Gasteiger charge is 2.45. The maximum atomic E-state index is 11.7. The normalized spacial score (nSPS) is 19.2. The third-order valence-corrected chi connectivity index (χ3v) is 3.74. The van der Waals surface area contributed by atoms with Crippen molar-refractivity contribution in [1.29, 1.82) is 0 Å². The lowest BCUT2D eigenvalue weighted by Crippen LogP contribution is -2.42. The van der Waals surface area contributed by atoms with Gasteiger partial charge >= 0.3 is 5.97 Å². The number of hydrogen-bond donors (Lipinski definition) is 1. The Hall–Kier alpha value is -1.36. The molecule has 1 aromatic rings. The fourth-order valence-electron chi connectivity index (χ4n) is 2.76. The van der Waals surface area contributed by atoms with Crippen LogP contribution in [0.5, 0.6) is 0 Å². The second-order valence-corrected chi connectivity index (χ2v) is 4.67. The Morgan fingerprint density at radius 3 is 2.41 bits per heavy atom. The van der Waals surface area contributed by atoms with Gasteiger partial charge in [0, 0.05) is 31.5 Å². The molecule has 1 N–H and O–H groups in total. The molecule has 0 aromatic carbocycles. The summed E-state index contributed by atoms with van der Waals surface area (Å²) in [5.74, 6) is -0.764. The summed E-state index contributed by atoms with van der Waals surface area (Å²) in [6, 6.07) is 0. The van der Waals surface area contributed by atoms with Crippen LogP contribution in [0.15, 0.2) is 0 Å². The first-order chi connectivity index (χ1) is 7.99. The molecule has 0 bridgehead atoms. The summed E-state index contributed by atoms with van der Waals surface area (Å²) in [6.07, 6.45) is 1.05. The predicted octanol–water partition coefficient (Wildman–Crippen LogP) is 1.17. The van der Waals surface area contributed by atoms with Gasteiger partial charge in [-0.25, -0.2) is 0 Å². The molecule has 1 aliphatic rings. The number of carboxylic acid groups (broad SMARTS) is 1. The number of aryl methyl sites for hydroxylation is 2. The molecular formula is C12H18N2O3. The highest BCUT2D eigenvalue weighted by atomic mass is 16.5. The Bertz CT molecular complexity index is 445. The molecule has 0 atom stereocenters. The molecule has 1 aromatic heterocycles. The molecule has 2 heterocycles. The van der Waals surface area contributed by atoms with Gasteiger partial charge in [-0.1, -0.05) is 0 Å². The standard InChI is InChI=1S/C12H18N2O3/c1-8-10(9(2)14(3)13-8)12(11(15)16)4-6-17-7-5-12/h4-7H2,1-3H3,(H,15,16). The van der Waals surface area contributed by atoms with Crippen molar-refractivity contribution < 1.29 is 14.6 Å². The summed E-state index contributed by atoms with van der Waals surface area (Å²) < 4.78 is 7.05. The first kappa shape index (κ1) is 12.1. The van der Waals surface area contributed by atoms with Gasteiger partial charge in [0.1, 0.15) is 5.41 Å². The van der Waals surface area contributed by atoms with E-state index in [1.54, 1.807) is 4.68 Å². The zero-order valence-corrected chi connectivity index (χ0v) is 10.5. The van der Waals surface area contributed by atoms with Crippen LogP contribution in [0.3, 0.4) is 0 Å². The molecule has 1 saturated heterocycles. The van der Waals surface area contributed by atoms with E-state index in [1.165, 1.54) is 0 Å². The van der Waals surface area contributed by atoms with Gasteiger partial charge in [0.2, 0.25) is 0 Å². The zero-order valence-electron chi connectivity index (χ0n) is 10.5. The van der Waals surface area contributed by atoms with E-state index in [4.69, 9.17) is 4.74 Å². The molecule has 17 heavy (non-hydrogen) atoms. The predicted molar refractivity (Wildman–Crippen MR) is 62.0 cm³/mol. The number of carbonyl (C=O) groups is 1. The second-order valence-electron chi connectivity index (χ2n) is 4.67. The van der Waals surface area contributed by atoms with Crippen LogP contribution in [0.25, 0.3) is 0 Å². The maximum absolute atomic E-state index is 11.7. The van der Waals surface area contributed by atoms with Crippen molar-refractivity contribution in [2.45, 2.75) is 32.1 Å². The summed E-state index contributed by atoms with van der Waals surface area (Å²) in [7, 11) is 1.85. The average Bonchev–Trinajstić information content (AvgIpc) is 2.54. The van der Waals surface area contributed by atoms with Crippen LogP contribution in [0.4, 0.5) is 0 Å². The number of ether oxygens (including phenoxy) is 1. The summed E-state index contributed by atoms with van der Waals surface area (Å²) in [5.41, 5.74) is 1.80. The number of carboxylic acids is 1. The number of aromatic nitrogens is 2. The van der Waals surface area contributed by atoms with Gasteiger partial charge in [-0.05, 0) is 26.7 Å². The minimum absolute atomic E-state index is 0.500. The van der Waals surface area contributed by atoms with Gasteiger partial charge in [-0.15, -0.1) is 0 Å². The van der Waals surface area contributed by atoms with Crippen molar-refractivity contribution in [1.82, 2.24) is 9.78 Å². The number of nitrogens with zero attached hydrogens (tertiary/aromatic N) is 2. The molecule has 0 amide bonds. The van der Waals surface area contributed by atoms with Crippen LogP contribution in [-0.4, -0.2) is 34.1 Å². The van der Waals surface area contributed by atoms with Gasteiger partial charge in [-0.2, -0.15) is 5.10 Å². The smallest absolute Gasteiger partial charge is 0.314 e. The summed E-state index contributed by atoms with van der Waals surface area (Å²) in [5, 5.41) is 13.9. The molecule has 0 saturated carbocycles. The molecule has 5 heteroatoms. The van der Waals surface area contributed by atoms with Crippen LogP contribution >= 0.6 is 0 Å².